The largest absolute Gasteiger partial charge is 0.376 e. The van der Waals surface area contributed by atoms with E-state index >= 15 is 0 Å². The fraction of sp³-hybridized carbons (Fsp3) is 1.00. The molecule has 1 aliphatic rings. The van der Waals surface area contributed by atoms with E-state index in [0.717, 1.165) is 11.2 Å². The Bertz CT molecular complexity index is 250. The second kappa shape index (κ2) is 7.42. The van der Waals surface area contributed by atoms with E-state index in [0.29, 0.717) is 24.7 Å². The lowest BCUT2D eigenvalue weighted by Gasteiger charge is -2.43. The molecule has 0 heterocycles. The molecule has 1 saturated carbocycles. The van der Waals surface area contributed by atoms with Crippen LogP contribution in [0.25, 0.3) is 0 Å². The van der Waals surface area contributed by atoms with E-state index in [1.165, 1.54) is 25.7 Å². The minimum atomic E-state index is 0.0437. The predicted molar refractivity (Wildman–Crippen MR) is 85.0 cm³/mol. The molecule has 0 aromatic heterocycles. The molecule has 1 aliphatic carbocycles. The van der Waals surface area contributed by atoms with E-state index in [-0.39, 0.29) is 5.60 Å². The van der Waals surface area contributed by atoms with Gasteiger partial charge in [0.25, 0.3) is 0 Å². The molecule has 0 unspecified atom stereocenters. The molecule has 0 N–H and O–H groups in total. The van der Waals surface area contributed by atoms with Crippen LogP contribution < -0.4 is 0 Å². The first-order valence-corrected chi connectivity index (χ1v) is 8.73. The molecule has 2 nitrogen and oxygen atoms in total. The van der Waals surface area contributed by atoms with Crippen LogP contribution in [0.4, 0.5) is 0 Å². The van der Waals surface area contributed by atoms with Gasteiger partial charge >= 0.3 is 0 Å². The maximum absolute atomic E-state index is 6.16. The number of ether oxygens (including phenoxy) is 2. The molecule has 0 atom stereocenters. The maximum Gasteiger partial charge on any atom is 0.0780 e. The number of halogens is 1. The van der Waals surface area contributed by atoms with Crippen molar-refractivity contribution in [1.82, 2.24) is 0 Å². The lowest BCUT2D eigenvalue weighted by atomic mass is 9.69. The van der Waals surface area contributed by atoms with Gasteiger partial charge in [-0.25, -0.2) is 0 Å². The molecule has 0 spiro atoms. The minimum Gasteiger partial charge on any atom is -0.376 e. The van der Waals surface area contributed by atoms with E-state index in [2.05, 4.69) is 50.5 Å². The van der Waals surface area contributed by atoms with Crippen molar-refractivity contribution >= 4 is 15.9 Å². The highest BCUT2D eigenvalue weighted by Gasteiger charge is 2.38. The zero-order valence-corrected chi connectivity index (χ0v) is 14.9. The molecule has 0 aromatic rings. The average molecular weight is 335 g/mol. The first-order chi connectivity index (χ1) is 8.79. The molecule has 0 saturated heterocycles. The van der Waals surface area contributed by atoms with Crippen LogP contribution in [0, 0.1) is 11.3 Å². The molecule has 0 radical (unpaired) electrons. The highest BCUT2D eigenvalue weighted by atomic mass is 79.9. The second-order valence-corrected chi connectivity index (χ2v) is 7.79. The SMILES string of the molecule is CC(C)OCCOC1(CBr)CCC(C(C)(C)C)CC1. The van der Waals surface area contributed by atoms with Gasteiger partial charge in [-0.15, -0.1) is 0 Å². The van der Waals surface area contributed by atoms with E-state index in [4.69, 9.17) is 9.47 Å². The van der Waals surface area contributed by atoms with Gasteiger partial charge in [-0.1, -0.05) is 36.7 Å². The van der Waals surface area contributed by atoms with Crippen LogP contribution in [0.2, 0.25) is 0 Å². The highest BCUT2D eigenvalue weighted by molar-refractivity contribution is 9.09. The predicted octanol–water partition coefficient (Wildman–Crippen LogP) is 4.80. The first kappa shape index (κ1) is 17.5. The monoisotopic (exact) mass is 334 g/mol. The molecule has 0 amide bonds. The van der Waals surface area contributed by atoms with E-state index in [1.54, 1.807) is 0 Å². The highest BCUT2D eigenvalue weighted by Crippen LogP contribution is 2.43. The van der Waals surface area contributed by atoms with Gasteiger partial charge in [-0.2, -0.15) is 0 Å². The summed E-state index contributed by atoms with van der Waals surface area (Å²) in [5.74, 6) is 0.829. The first-order valence-electron chi connectivity index (χ1n) is 7.60. The van der Waals surface area contributed by atoms with Crippen LogP contribution in [-0.4, -0.2) is 30.2 Å². The van der Waals surface area contributed by atoms with Crippen molar-refractivity contribution in [3.05, 3.63) is 0 Å². The smallest absolute Gasteiger partial charge is 0.0780 e. The van der Waals surface area contributed by atoms with Gasteiger partial charge in [-0.05, 0) is 50.9 Å². The molecular formula is C16H31BrO2. The zero-order chi connectivity index (χ0) is 14.5. The van der Waals surface area contributed by atoms with Crippen molar-refractivity contribution in [2.24, 2.45) is 11.3 Å². The molecule has 0 aromatic carbocycles. The second-order valence-electron chi connectivity index (χ2n) is 7.22. The van der Waals surface area contributed by atoms with Crippen LogP contribution >= 0.6 is 15.9 Å². The van der Waals surface area contributed by atoms with Gasteiger partial charge in [0.2, 0.25) is 0 Å². The Labute approximate surface area is 127 Å². The third-order valence-corrected chi connectivity index (χ3v) is 5.33. The summed E-state index contributed by atoms with van der Waals surface area (Å²) in [4.78, 5) is 0. The van der Waals surface area contributed by atoms with E-state index in [1.807, 2.05) is 0 Å². The van der Waals surface area contributed by atoms with Crippen molar-refractivity contribution in [2.75, 3.05) is 18.5 Å². The van der Waals surface area contributed by atoms with Crippen molar-refractivity contribution in [3.63, 3.8) is 0 Å². The van der Waals surface area contributed by atoms with Gasteiger partial charge in [0, 0.05) is 5.33 Å². The Balaban J connectivity index is 2.38. The molecule has 114 valence electrons. The van der Waals surface area contributed by atoms with E-state index < -0.39 is 0 Å². The topological polar surface area (TPSA) is 18.5 Å². The quantitative estimate of drug-likeness (QED) is 0.513. The van der Waals surface area contributed by atoms with Crippen molar-refractivity contribution in [2.45, 2.75) is 72.0 Å². The summed E-state index contributed by atoms with van der Waals surface area (Å²) in [6.45, 7) is 12.6. The fourth-order valence-corrected chi connectivity index (χ4v) is 3.59. The molecular weight excluding hydrogens is 304 g/mol. The Hall–Kier alpha value is 0.400. The molecule has 19 heavy (non-hydrogen) atoms. The molecule has 0 bridgehead atoms. The summed E-state index contributed by atoms with van der Waals surface area (Å²) in [5.41, 5.74) is 0.474. The standard InChI is InChI=1S/C16H31BrO2/c1-13(2)18-10-11-19-16(12-17)8-6-14(7-9-16)15(3,4)5/h13-14H,6-12H2,1-5H3. The van der Waals surface area contributed by atoms with Crippen LogP contribution in [0.15, 0.2) is 0 Å². The van der Waals surface area contributed by atoms with Crippen LogP contribution in [-0.2, 0) is 9.47 Å². The van der Waals surface area contributed by atoms with Crippen molar-refractivity contribution < 1.29 is 9.47 Å². The summed E-state index contributed by atoms with van der Waals surface area (Å²) >= 11 is 3.65. The Kier molecular flexibility index (Phi) is 6.82. The number of hydrogen-bond donors (Lipinski definition) is 0. The Morgan fingerprint density at radius 1 is 1.16 bits per heavy atom. The third kappa shape index (κ3) is 5.73. The van der Waals surface area contributed by atoms with Crippen molar-refractivity contribution in [3.8, 4) is 0 Å². The minimum absolute atomic E-state index is 0.0437. The number of hydrogen-bond acceptors (Lipinski definition) is 2. The van der Waals surface area contributed by atoms with Gasteiger partial charge in [0.05, 0.1) is 24.9 Å². The molecule has 3 heteroatoms. The number of rotatable bonds is 6. The van der Waals surface area contributed by atoms with E-state index in [9.17, 15) is 0 Å². The zero-order valence-electron chi connectivity index (χ0n) is 13.3. The summed E-state index contributed by atoms with van der Waals surface area (Å²) in [6, 6.07) is 0. The fourth-order valence-electron chi connectivity index (χ4n) is 2.87. The average Bonchev–Trinajstić information content (AvgIpc) is 2.34. The van der Waals surface area contributed by atoms with Gasteiger partial charge in [-0.3, -0.25) is 0 Å². The van der Waals surface area contributed by atoms with Crippen LogP contribution in [0.5, 0.6) is 0 Å². The Morgan fingerprint density at radius 3 is 2.16 bits per heavy atom. The maximum atomic E-state index is 6.16. The van der Waals surface area contributed by atoms with Gasteiger partial charge in [0.15, 0.2) is 0 Å². The Morgan fingerprint density at radius 2 is 1.74 bits per heavy atom. The number of alkyl halides is 1. The van der Waals surface area contributed by atoms with Gasteiger partial charge < -0.3 is 9.47 Å². The van der Waals surface area contributed by atoms with Crippen LogP contribution in [0.3, 0.4) is 0 Å². The summed E-state index contributed by atoms with van der Waals surface area (Å²) in [5, 5.41) is 0.943. The normalized spacial score (nSPS) is 28.9. The van der Waals surface area contributed by atoms with Crippen molar-refractivity contribution in [1.29, 1.82) is 0 Å². The summed E-state index contributed by atoms with van der Waals surface area (Å²) < 4.78 is 11.7. The summed E-state index contributed by atoms with van der Waals surface area (Å²) in [7, 11) is 0. The molecule has 1 fully saturated rings. The third-order valence-electron chi connectivity index (χ3n) is 4.31. The molecule has 1 rings (SSSR count). The molecule has 0 aliphatic heterocycles. The lowest BCUT2D eigenvalue weighted by molar-refractivity contribution is -0.0907. The van der Waals surface area contributed by atoms with Crippen LogP contribution in [0.1, 0.15) is 60.3 Å². The lowest BCUT2D eigenvalue weighted by Crippen LogP contribution is -2.42. The van der Waals surface area contributed by atoms with Gasteiger partial charge in [0.1, 0.15) is 0 Å². The summed E-state index contributed by atoms with van der Waals surface area (Å²) in [6.07, 6.45) is 5.18.